The van der Waals surface area contributed by atoms with E-state index in [2.05, 4.69) is 19.2 Å². The highest BCUT2D eigenvalue weighted by Gasteiger charge is 2.29. The summed E-state index contributed by atoms with van der Waals surface area (Å²) in [5.74, 6) is -0.929. The Labute approximate surface area is 159 Å². The lowest BCUT2D eigenvalue weighted by atomic mass is 10.1. The van der Waals surface area contributed by atoms with E-state index in [-0.39, 0.29) is 28.4 Å². The van der Waals surface area contributed by atoms with E-state index in [0.717, 1.165) is 0 Å². The number of nitrogens with one attached hydrogen (secondary N) is 1. The van der Waals surface area contributed by atoms with Gasteiger partial charge in [0.2, 0.25) is 15.9 Å². The third-order valence-electron chi connectivity index (χ3n) is 3.56. The summed E-state index contributed by atoms with van der Waals surface area (Å²) in [6.07, 6.45) is -3.31. The van der Waals surface area contributed by atoms with Crippen LogP contribution in [-0.4, -0.2) is 39.3 Å². The molecule has 0 aliphatic carbocycles. The third-order valence-corrected chi connectivity index (χ3v) is 5.12. The molecule has 0 aliphatic heterocycles. The Hall–Kier alpha value is -2.66. The molecule has 2 rings (SSSR count). The fourth-order valence-corrected chi connectivity index (χ4v) is 3.52. The van der Waals surface area contributed by atoms with Gasteiger partial charge in [0.25, 0.3) is 0 Å². The molecule has 0 saturated carbocycles. The summed E-state index contributed by atoms with van der Waals surface area (Å²) in [7, 11) is -2.80. The first-order valence-corrected chi connectivity index (χ1v) is 9.34. The van der Waals surface area contributed by atoms with Crippen molar-refractivity contribution in [3.05, 3.63) is 53.2 Å². The lowest BCUT2D eigenvalue weighted by Crippen LogP contribution is -2.25. The molecular weight excluding hydrogens is 401 g/mol. The van der Waals surface area contributed by atoms with Crippen molar-refractivity contribution < 1.29 is 35.9 Å². The normalized spacial score (nSPS) is 11.9. The average molecular weight is 418 g/mol. The summed E-state index contributed by atoms with van der Waals surface area (Å²) < 4.78 is 73.6. The van der Waals surface area contributed by atoms with E-state index < -0.39 is 28.8 Å². The van der Waals surface area contributed by atoms with E-state index in [1.54, 1.807) is 0 Å². The lowest BCUT2D eigenvalue weighted by Gasteiger charge is -2.13. The highest BCUT2D eigenvalue weighted by Crippen LogP contribution is 2.21. The van der Waals surface area contributed by atoms with Gasteiger partial charge in [0.15, 0.2) is 6.61 Å². The van der Waals surface area contributed by atoms with Crippen LogP contribution in [0, 0.1) is 6.92 Å². The number of rotatable bonds is 7. The van der Waals surface area contributed by atoms with Gasteiger partial charge in [0, 0.05) is 18.3 Å². The molecule has 11 heteroatoms. The minimum atomic E-state index is -4.55. The van der Waals surface area contributed by atoms with Crippen molar-refractivity contribution in [2.45, 2.75) is 24.5 Å². The van der Waals surface area contributed by atoms with E-state index >= 15 is 0 Å². The molecule has 28 heavy (non-hydrogen) atoms. The zero-order valence-corrected chi connectivity index (χ0v) is 15.7. The number of hydrogen-bond donors (Lipinski definition) is 1. The first-order valence-electron chi connectivity index (χ1n) is 7.85. The largest absolute Gasteiger partial charge is 0.468 e. The van der Waals surface area contributed by atoms with E-state index in [9.17, 15) is 26.4 Å². The predicted molar refractivity (Wildman–Crippen MR) is 92.3 cm³/mol. The van der Waals surface area contributed by atoms with Gasteiger partial charge in [-0.1, -0.05) is 6.07 Å². The molecule has 0 unspecified atom stereocenters. The molecular formula is C17H17F3N2O5S. The smallest absolute Gasteiger partial charge is 0.422 e. The molecule has 0 amide bonds. The number of carbonyl (C=O) groups is 1. The summed E-state index contributed by atoms with van der Waals surface area (Å²) in [5, 5.41) is 0. The number of sulfonamides is 1. The van der Waals surface area contributed by atoms with Crippen LogP contribution < -0.4 is 9.46 Å². The van der Waals surface area contributed by atoms with Gasteiger partial charge in [-0.25, -0.2) is 22.9 Å². The van der Waals surface area contributed by atoms with Crippen LogP contribution in [0.15, 0.2) is 41.4 Å². The highest BCUT2D eigenvalue weighted by molar-refractivity contribution is 7.89. The standard InChI is InChI=1S/C17H17F3N2O5S/c1-11-8-12(16(23)26-2)5-6-14(11)28(24,25)22-9-13-4-3-7-21-15(13)27-10-17(18,19)20/h3-8,22H,9-10H2,1-2H3. The second-order valence-corrected chi connectivity index (χ2v) is 7.40. The van der Waals surface area contributed by atoms with E-state index in [0.29, 0.717) is 5.56 Å². The van der Waals surface area contributed by atoms with Gasteiger partial charge >= 0.3 is 12.1 Å². The Bertz CT molecular complexity index is 962. The minimum absolute atomic E-state index is 0.0817. The van der Waals surface area contributed by atoms with Crippen LogP contribution in [0.25, 0.3) is 0 Å². The van der Waals surface area contributed by atoms with Crippen LogP contribution in [-0.2, 0) is 21.3 Å². The SMILES string of the molecule is COC(=O)c1ccc(S(=O)(=O)NCc2cccnc2OCC(F)(F)F)c(C)c1. The molecule has 0 saturated heterocycles. The molecule has 0 fully saturated rings. The quantitative estimate of drug-likeness (QED) is 0.695. The lowest BCUT2D eigenvalue weighted by molar-refractivity contribution is -0.154. The maximum absolute atomic E-state index is 12.5. The topological polar surface area (TPSA) is 94.6 Å². The summed E-state index contributed by atoms with van der Waals surface area (Å²) >= 11 is 0. The van der Waals surface area contributed by atoms with Crippen molar-refractivity contribution in [1.82, 2.24) is 9.71 Å². The predicted octanol–water partition coefficient (Wildman–Crippen LogP) is 2.60. The number of pyridine rings is 1. The van der Waals surface area contributed by atoms with E-state index in [1.165, 1.54) is 50.6 Å². The second kappa shape index (κ2) is 8.57. The molecule has 1 aromatic carbocycles. The number of aromatic nitrogens is 1. The first kappa shape index (κ1) is 21.6. The molecule has 0 aliphatic rings. The number of carbonyl (C=O) groups excluding carboxylic acids is 1. The van der Waals surface area contributed by atoms with Gasteiger partial charge in [-0.15, -0.1) is 0 Å². The van der Waals surface area contributed by atoms with Gasteiger partial charge in [-0.3, -0.25) is 0 Å². The Balaban J connectivity index is 2.17. The summed E-state index contributed by atoms with van der Waals surface area (Å²) in [5.41, 5.74) is 0.628. The van der Waals surface area contributed by atoms with Crippen LogP contribution in [0.4, 0.5) is 13.2 Å². The van der Waals surface area contributed by atoms with Gasteiger partial charge in [0.05, 0.1) is 17.6 Å². The van der Waals surface area contributed by atoms with Crippen LogP contribution in [0.1, 0.15) is 21.5 Å². The molecule has 152 valence electrons. The molecule has 0 spiro atoms. The number of nitrogens with zero attached hydrogens (tertiary/aromatic N) is 1. The van der Waals surface area contributed by atoms with Crippen molar-refractivity contribution in [3.63, 3.8) is 0 Å². The number of halogens is 3. The summed E-state index contributed by atoms with van der Waals surface area (Å²) in [6.45, 7) is -0.373. The van der Waals surface area contributed by atoms with E-state index in [4.69, 9.17) is 0 Å². The van der Waals surface area contributed by atoms with Gasteiger partial charge < -0.3 is 9.47 Å². The third kappa shape index (κ3) is 5.67. The Morgan fingerprint density at radius 3 is 2.57 bits per heavy atom. The Kier molecular flexibility index (Phi) is 6.62. The monoisotopic (exact) mass is 418 g/mol. The average Bonchev–Trinajstić information content (AvgIpc) is 2.63. The number of hydrogen-bond acceptors (Lipinski definition) is 6. The van der Waals surface area contributed by atoms with Crippen molar-refractivity contribution >= 4 is 16.0 Å². The number of alkyl halides is 3. The highest BCUT2D eigenvalue weighted by atomic mass is 32.2. The fraction of sp³-hybridized carbons (Fsp3) is 0.294. The van der Waals surface area contributed by atoms with Gasteiger partial charge in [-0.05, 0) is 36.8 Å². The van der Waals surface area contributed by atoms with E-state index in [1.807, 2.05) is 0 Å². The zero-order valence-electron chi connectivity index (χ0n) is 14.9. The number of ether oxygens (including phenoxy) is 2. The van der Waals surface area contributed by atoms with Crippen molar-refractivity contribution in [3.8, 4) is 5.88 Å². The summed E-state index contributed by atoms with van der Waals surface area (Å²) in [6, 6.07) is 6.75. The number of benzene rings is 1. The summed E-state index contributed by atoms with van der Waals surface area (Å²) in [4.78, 5) is 15.1. The maximum Gasteiger partial charge on any atom is 0.422 e. The molecule has 0 atom stereocenters. The van der Waals surface area contributed by atoms with Gasteiger partial charge in [0.1, 0.15) is 0 Å². The number of aryl methyl sites for hydroxylation is 1. The fourth-order valence-electron chi connectivity index (χ4n) is 2.29. The molecule has 1 aromatic heterocycles. The molecule has 1 heterocycles. The maximum atomic E-state index is 12.5. The number of methoxy groups -OCH3 is 1. The molecule has 2 aromatic rings. The van der Waals surface area contributed by atoms with Crippen molar-refractivity contribution in [2.75, 3.05) is 13.7 Å². The van der Waals surface area contributed by atoms with Gasteiger partial charge in [-0.2, -0.15) is 13.2 Å². The number of esters is 1. The van der Waals surface area contributed by atoms with Crippen LogP contribution >= 0.6 is 0 Å². The van der Waals surface area contributed by atoms with Crippen LogP contribution in [0.3, 0.4) is 0 Å². The Morgan fingerprint density at radius 2 is 1.96 bits per heavy atom. The molecule has 0 radical (unpaired) electrons. The second-order valence-electron chi connectivity index (χ2n) is 5.67. The molecule has 1 N–H and O–H groups in total. The first-order chi connectivity index (χ1) is 13.0. The zero-order chi connectivity index (χ0) is 20.9. The minimum Gasteiger partial charge on any atom is -0.468 e. The van der Waals surface area contributed by atoms with Crippen LogP contribution in [0.5, 0.6) is 5.88 Å². The molecule has 7 nitrogen and oxygen atoms in total. The van der Waals surface area contributed by atoms with Crippen molar-refractivity contribution in [1.29, 1.82) is 0 Å². The van der Waals surface area contributed by atoms with Crippen LogP contribution in [0.2, 0.25) is 0 Å². The Morgan fingerprint density at radius 1 is 1.25 bits per heavy atom. The van der Waals surface area contributed by atoms with Crippen molar-refractivity contribution in [2.24, 2.45) is 0 Å². The molecule has 0 bridgehead atoms.